The number of hydrogen-bond acceptors (Lipinski definition) is 5. The Morgan fingerprint density at radius 3 is 1.88 bits per heavy atom. The van der Waals surface area contributed by atoms with E-state index in [1.165, 1.54) is 5.30 Å². The standard InChI is InChI=1S/C35H39O5P/c1-21-13-23(15-25(14-21)36-6)29-19-30(24-16-26(37-7)18-27(17-24)38-8)33(39-9)32(22(29)2)28-11-10-12-31-34(28)41(20-40-31)35(3,4)5/h10-19H,20H2,1-9H3/t41-/m1/s1. The SMILES string of the molecule is COc1cc(C)cc(-c2cc(-c3cc(OC)cc(OC)c3)c(OC)c(-c3cccc4c3[P@](C(C)(C)C)CO4)c2C)c1. The van der Waals surface area contributed by atoms with E-state index in [-0.39, 0.29) is 5.16 Å². The quantitative estimate of drug-likeness (QED) is 0.208. The molecule has 1 aliphatic heterocycles. The Morgan fingerprint density at radius 1 is 0.683 bits per heavy atom. The zero-order chi connectivity index (χ0) is 29.5. The van der Waals surface area contributed by atoms with E-state index in [0.29, 0.717) is 11.5 Å². The molecule has 1 atom stereocenters. The second kappa shape index (κ2) is 11.3. The highest BCUT2D eigenvalue weighted by atomic mass is 31.1. The molecule has 0 bridgehead atoms. The first-order valence-electron chi connectivity index (χ1n) is 13.7. The van der Waals surface area contributed by atoms with Gasteiger partial charge in [-0.15, -0.1) is 0 Å². The van der Waals surface area contributed by atoms with Crippen LogP contribution in [-0.2, 0) is 0 Å². The molecular weight excluding hydrogens is 531 g/mol. The summed E-state index contributed by atoms with van der Waals surface area (Å²) in [4.78, 5) is 0. The largest absolute Gasteiger partial charge is 0.497 e. The summed E-state index contributed by atoms with van der Waals surface area (Å²) in [5, 5.41) is 1.38. The maximum atomic E-state index is 6.31. The van der Waals surface area contributed by atoms with E-state index in [0.717, 1.165) is 68.1 Å². The fraction of sp³-hybridized carbons (Fsp3) is 0.314. The predicted octanol–water partition coefficient (Wildman–Crippen LogP) is 8.59. The molecule has 0 N–H and O–H groups in total. The number of aryl methyl sites for hydroxylation is 1. The number of hydrogen-bond donors (Lipinski definition) is 0. The molecule has 1 heterocycles. The molecule has 1 aliphatic rings. The Hall–Kier alpha value is -3.69. The number of methoxy groups -OCH3 is 4. The van der Waals surface area contributed by atoms with E-state index in [1.807, 2.05) is 18.2 Å². The monoisotopic (exact) mass is 570 g/mol. The lowest BCUT2D eigenvalue weighted by molar-refractivity contribution is 0.394. The van der Waals surface area contributed by atoms with E-state index < -0.39 is 7.92 Å². The van der Waals surface area contributed by atoms with Crippen LogP contribution in [-0.4, -0.2) is 39.9 Å². The first-order chi connectivity index (χ1) is 19.6. The minimum atomic E-state index is -0.570. The lowest BCUT2D eigenvalue weighted by atomic mass is 9.86. The van der Waals surface area contributed by atoms with Crippen LogP contribution >= 0.6 is 7.92 Å². The van der Waals surface area contributed by atoms with Crippen molar-refractivity contribution in [3.8, 4) is 62.1 Å². The van der Waals surface area contributed by atoms with Gasteiger partial charge in [-0.25, -0.2) is 0 Å². The van der Waals surface area contributed by atoms with Gasteiger partial charge in [0.1, 0.15) is 35.1 Å². The Bertz CT molecular complexity index is 1580. The molecule has 5 rings (SSSR count). The highest BCUT2D eigenvalue weighted by Crippen LogP contribution is 2.57. The maximum Gasteiger partial charge on any atom is 0.134 e. The smallest absolute Gasteiger partial charge is 0.134 e. The second-order valence-corrected chi connectivity index (χ2v) is 14.3. The van der Waals surface area contributed by atoms with Gasteiger partial charge in [0.25, 0.3) is 0 Å². The molecule has 0 amide bonds. The van der Waals surface area contributed by atoms with E-state index in [1.54, 1.807) is 28.4 Å². The van der Waals surface area contributed by atoms with Crippen molar-refractivity contribution in [3.05, 3.63) is 71.8 Å². The first kappa shape index (κ1) is 28.8. The molecule has 41 heavy (non-hydrogen) atoms. The molecule has 0 fully saturated rings. The van der Waals surface area contributed by atoms with Gasteiger partial charge < -0.3 is 23.7 Å². The minimum Gasteiger partial charge on any atom is -0.497 e. The molecular formula is C35H39O5P. The van der Waals surface area contributed by atoms with Crippen molar-refractivity contribution in [2.75, 3.05) is 34.8 Å². The minimum absolute atomic E-state index is 0.0857. The Morgan fingerprint density at radius 2 is 1.29 bits per heavy atom. The molecule has 0 unspecified atom stereocenters. The maximum absolute atomic E-state index is 6.31. The van der Waals surface area contributed by atoms with Crippen LogP contribution in [0, 0.1) is 13.8 Å². The van der Waals surface area contributed by atoms with Crippen LogP contribution in [0.1, 0.15) is 31.9 Å². The van der Waals surface area contributed by atoms with Gasteiger partial charge >= 0.3 is 0 Å². The molecule has 0 saturated heterocycles. The summed E-state index contributed by atoms with van der Waals surface area (Å²) in [6.45, 7) is 11.2. The molecule has 0 radical (unpaired) electrons. The van der Waals surface area contributed by atoms with E-state index >= 15 is 0 Å². The summed E-state index contributed by atoms with van der Waals surface area (Å²) >= 11 is 0. The van der Waals surface area contributed by atoms with Crippen LogP contribution in [0.2, 0.25) is 0 Å². The van der Waals surface area contributed by atoms with Crippen molar-refractivity contribution in [3.63, 3.8) is 0 Å². The molecule has 214 valence electrons. The Balaban J connectivity index is 1.90. The highest BCUT2D eigenvalue weighted by molar-refractivity contribution is 7.67. The van der Waals surface area contributed by atoms with E-state index in [9.17, 15) is 0 Å². The first-order valence-corrected chi connectivity index (χ1v) is 15.3. The molecule has 4 aromatic carbocycles. The molecule has 6 heteroatoms. The zero-order valence-electron chi connectivity index (χ0n) is 25.5. The van der Waals surface area contributed by atoms with Crippen molar-refractivity contribution >= 4 is 13.2 Å². The lowest BCUT2D eigenvalue weighted by Gasteiger charge is -2.29. The van der Waals surface area contributed by atoms with Gasteiger partial charge in [0.2, 0.25) is 0 Å². The van der Waals surface area contributed by atoms with Gasteiger partial charge in [-0.2, -0.15) is 0 Å². The molecule has 0 spiro atoms. The van der Waals surface area contributed by atoms with Crippen LogP contribution in [0.15, 0.2) is 60.7 Å². The molecule has 4 aromatic rings. The Kier molecular flexibility index (Phi) is 7.94. The average Bonchev–Trinajstić information content (AvgIpc) is 3.41. The summed E-state index contributed by atoms with van der Waals surface area (Å²) in [5.41, 5.74) is 8.59. The molecule has 5 nitrogen and oxygen atoms in total. The number of ether oxygens (including phenoxy) is 5. The van der Waals surface area contributed by atoms with E-state index in [4.69, 9.17) is 23.7 Å². The fourth-order valence-electron chi connectivity index (χ4n) is 5.64. The average molecular weight is 571 g/mol. The van der Waals surface area contributed by atoms with Gasteiger partial charge in [0.15, 0.2) is 0 Å². The predicted molar refractivity (Wildman–Crippen MR) is 170 cm³/mol. The van der Waals surface area contributed by atoms with Crippen LogP contribution < -0.4 is 29.0 Å². The van der Waals surface area contributed by atoms with Gasteiger partial charge in [-0.1, -0.05) is 39.0 Å². The lowest BCUT2D eigenvalue weighted by Crippen LogP contribution is -2.19. The zero-order valence-corrected chi connectivity index (χ0v) is 26.4. The number of benzene rings is 4. The van der Waals surface area contributed by atoms with E-state index in [2.05, 4.69) is 77.1 Å². The Labute approximate surface area is 245 Å². The molecule has 0 aliphatic carbocycles. The number of rotatable bonds is 7. The van der Waals surface area contributed by atoms with Crippen molar-refractivity contribution in [1.29, 1.82) is 0 Å². The summed E-state index contributed by atoms with van der Waals surface area (Å²) in [6, 6.07) is 20.9. The molecule has 0 saturated carbocycles. The topological polar surface area (TPSA) is 46.2 Å². The van der Waals surface area contributed by atoms with Crippen molar-refractivity contribution in [2.45, 2.75) is 39.8 Å². The van der Waals surface area contributed by atoms with Gasteiger partial charge in [-0.3, -0.25) is 0 Å². The summed E-state index contributed by atoms with van der Waals surface area (Å²) < 4.78 is 29.6. The van der Waals surface area contributed by atoms with Crippen LogP contribution in [0.5, 0.6) is 28.7 Å². The summed E-state index contributed by atoms with van der Waals surface area (Å²) in [6.07, 6.45) is 0.723. The van der Waals surface area contributed by atoms with Gasteiger partial charge in [0, 0.05) is 22.5 Å². The van der Waals surface area contributed by atoms with Crippen LogP contribution in [0.3, 0.4) is 0 Å². The van der Waals surface area contributed by atoms with Gasteiger partial charge in [0.05, 0.1) is 28.4 Å². The summed E-state index contributed by atoms with van der Waals surface area (Å²) in [7, 11) is 6.23. The fourth-order valence-corrected chi connectivity index (χ4v) is 7.98. The second-order valence-electron chi connectivity index (χ2n) is 11.4. The third kappa shape index (κ3) is 5.36. The van der Waals surface area contributed by atoms with Gasteiger partial charge in [-0.05, 0) is 96.7 Å². The van der Waals surface area contributed by atoms with Crippen LogP contribution in [0.25, 0.3) is 33.4 Å². The van der Waals surface area contributed by atoms with Crippen LogP contribution in [0.4, 0.5) is 0 Å². The van der Waals surface area contributed by atoms with Crippen molar-refractivity contribution in [2.24, 2.45) is 0 Å². The third-order valence-electron chi connectivity index (χ3n) is 7.70. The highest BCUT2D eigenvalue weighted by Gasteiger charge is 2.37. The normalized spacial score (nSPS) is 14.3. The van der Waals surface area contributed by atoms with Crippen molar-refractivity contribution in [1.82, 2.24) is 0 Å². The van der Waals surface area contributed by atoms with Crippen molar-refractivity contribution < 1.29 is 23.7 Å². The molecule has 0 aromatic heterocycles. The summed E-state index contributed by atoms with van der Waals surface area (Å²) in [5.74, 6) is 4.04. The number of fused-ring (bicyclic) bond motifs is 1. The third-order valence-corrected chi connectivity index (χ3v) is 10.7.